The Hall–Kier alpha value is -4.28. The van der Waals surface area contributed by atoms with Crippen molar-refractivity contribution < 1.29 is 9.47 Å². The average molecular weight is 392 g/mol. The van der Waals surface area contributed by atoms with Gasteiger partial charge < -0.3 is 9.47 Å². The standard InChI is InChI=1S/C26H20N2O2/c1-27-25(17-20-9-13-23(29-3)14-10-20)26(28-2)18-21-11-15-24(16-12-21)30-19-22-7-5-4-6-8-22/h4-18H,19H2,3H3. The van der Waals surface area contributed by atoms with Gasteiger partial charge >= 0.3 is 0 Å². The molecule has 0 saturated heterocycles. The summed E-state index contributed by atoms with van der Waals surface area (Å²) in [6, 6.07) is 24.8. The molecular weight excluding hydrogens is 372 g/mol. The monoisotopic (exact) mass is 392 g/mol. The number of methoxy groups -OCH3 is 1. The van der Waals surface area contributed by atoms with Crippen molar-refractivity contribution in [2.24, 2.45) is 0 Å². The quantitative estimate of drug-likeness (QED) is 0.339. The maximum Gasteiger partial charge on any atom is 0.195 e. The van der Waals surface area contributed by atoms with Crippen LogP contribution in [0.25, 0.3) is 21.8 Å². The SMILES string of the molecule is [C-]#[N+]C(=Cc1ccc(OC)cc1)C(=Cc1ccc(OCc2ccccc2)cc1)[N+]#[C-]. The third-order valence-corrected chi connectivity index (χ3v) is 4.35. The fourth-order valence-electron chi connectivity index (χ4n) is 2.74. The number of hydrogen-bond acceptors (Lipinski definition) is 2. The van der Waals surface area contributed by atoms with Gasteiger partial charge in [0.15, 0.2) is 11.4 Å². The van der Waals surface area contributed by atoms with E-state index in [1.165, 1.54) is 0 Å². The summed E-state index contributed by atoms with van der Waals surface area (Å²) >= 11 is 0. The average Bonchev–Trinajstić information content (AvgIpc) is 2.81. The molecule has 3 aromatic rings. The van der Waals surface area contributed by atoms with E-state index in [1.54, 1.807) is 19.3 Å². The second-order valence-electron chi connectivity index (χ2n) is 6.40. The first kappa shape index (κ1) is 20.5. The highest BCUT2D eigenvalue weighted by molar-refractivity contribution is 5.69. The molecule has 0 amide bonds. The predicted octanol–water partition coefficient (Wildman–Crippen LogP) is 6.49. The van der Waals surface area contributed by atoms with Gasteiger partial charge in [0.05, 0.1) is 20.3 Å². The molecule has 0 atom stereocenters. The Morgan fingerprint density at radius 2 is 1.23 bits per heavy atom. The maximum atomic E-state index is 7.50. The summed E-state index contributed by atoms with van der Waals surface area (Å²) in [5, 5.41) is 0. The van der Waals surface area contributed by atoms with E-state index in [-0.39, 0.29) is 0 Å². The topological polar surface area (TPSA) is 27.2 Å². The summed E-state index contributed by atoms with van der Waals surface area (Å²) in [6.07, 6.45) is 3.41. The first-order chi connectivity index (χ1) is 14.7. The van der Waals surface area contributed by atoms with Gasteiger partial charge in [0, 0.05) is 0 Å². The second kappa shape index (κ2) is 10.3. The Labute approximate surface area is 177 Å². The van der Waals surface area contributed by atoms with Gasteiger partial charge in [0.25, 0.3) is 0 Å². The molecular formula is C26H20N2O2. The van der Waals surface area contributed by atoms with Crippen molar-refractivity contribution >= 4 is 12.2 Å². The summed E-state index contributed by atoms with van der Waals surface area (Å²) in [4.78, 5) is 7.10. The molecule has 0 unspecified atom stereocenters. The first-order valence-electron chi connectivity index (χ1n) is 9.31. The molecule has 3 rings (SSSR count). The third kappa shape index (κ3) is 5.61. The van der Waals surface area contributed by atoms with E-state index < -0.39 is 0 Å². The highest BCUT2D eigenvalue weighted by atomic mass is 16.5. The normalized spacial score (nSPS) is 11.3. The summed E-state index contributed by atoms with van der Waals surface area (Å²) in [5.41, 5.74) is 3.35. The predicted molar refractivity (Wildman–Crippen MR) is 119 cm³/mol. The van der Waals surface area contributed by atoms with Crippen molar-refractivity contribution in [1.82, 2.24) is 0 Å². The molecule has 0 bridgehead atoms. The van der Waals surface area contributed by atoms with Gasteiger partial charge in [0.1, 0.15) is 18.1 Å². The van der Waals surface area contributed by atoms with Crippen LogP contribution < -0.4 is 9.47 Å². The van der Waals surface area contributed by atoms with Crippen molar-refractivity contribution in [3.8, 4) is 11.5 Å². The van der Waals surface area contributed by atoms with Gasteiger partial charge in [-0.3, -0.25) is 9.69 Å². The fourth-order valence-corrected chi connectivity index (χ4v) is 2.74. The highest BCUT2D eigenvalue weighted by Crippen LogP contribution is 2.23. The van der Waals surface area contributed by atoms with E-state index in [1.807, 2.05) is 78.9 Å². The first-order valence-corrected chi connectivity index (χ1v) is 9.31. The molecule has 0 aliphatic heterocycles. The molecule has 0 heterocycles. The lowest BCUT2D eigenvalue weighted by Crippen LogP contribution is -1.94. The van der Waals surface area contributed by atoms with Crippen LogP contribution in [-0.4, -0.2) is 7.11 Å². The lowest BCUT2D eigenvalue weighted by molar-refractivity contribution is 0.306. The number of nitrogens with zero attached hydrogens (tertiary/aromatic N) is 2. The van der Waals surface area contributed by atoms with Gasteiger partial charge in [-0.2, -0.15) is 0 Å². The van der Waals surface area contributed by atoms with E-state index in [0.717, 1.165) is 28.2 Å². The summed E-state index contributed by atoms with van der Waals surface area (Å²) in [7, 11) is 1.60. The summed E-state index contributed by atoms with van der Waals surface area (Å²) < 4.78 is 10.9. The second-order valence-corrected chi connectivity index (χ2v) is 6.40. The minimum Gasteiger partial charge on any atom is -0.497 e. The zero-order valence-corrected chi connectivity index (χ0v) is 16.6. The number of hydrogen-bond donors (Lipinski definition) is 0. The zero-order valence-electron chi connectivity index (χ0n) is 16.6. The minimum absolute atomic E-state index is 0.291. The smallest absolute Gasteiger partial charge is 0.195 e. The van der Waals surface area contributed by atoms with Gasteiger partial charge in [-0.25, -0.2) is 0 Å². The van der Waals surface area contributed by atoms with Crippen LogP contribution in [0.4, 0.5) is 0 Å². The number of ether oxygens (including phenoxy) is 2. The molecule has 0 aliphatic carbocycles. The highest BCUT2D eigenvalue weighted by Gasteiger charge is 2.07. The zero-order chi connectivity index (χ0) is 21.2. The van der Waals surface area contributed by atoms with E-state index in [4.69, 9.17) is 22.6 Å². The van der Waals surface area contributed by atoms with Crippen molar-refractivity contribution in [2.45, 2.75) is 6.61 Å². The number of benzene rings is 3. The van der Waals surface area contributed by atoms with Gasteiger partial charge in [-0.1, -0.05) is 66.7 Å². The van der Waals surface area contributed by atoms with Crippen molar-refractivity contribution in [3.63, 3.8) is 0 Å². The van der Waals surface area contributed by atoms with Crippen molar-refractivity contribution in [1.29, 1.82) is 0 Å². The van der Waals surface area contributed by atoms with Crippen LogP contribution in [0.3, 0.4) is 0 Å². The van der Waals surface area contributed by atoms with Crippen LogP contribution in [0.5, 0.6) is 11.5 Å². The fraction of sp³-hybridized carbons (Fsp3) is 0.0769. The minimum atomic E-state index is 0.291. The van der Waals surface area contributed by atoms with E-state index >= 15 is 0 Å². The van der Waals surface area contributed by atoms with Gasteiger partial charge in [-0.05, 0) is 41.0 Å². The summed E-state index contributed by atoms with van der Waals surface area (Å²) in [5.74, 6) is 1.49. The van der Waals surface area contributed by atoms with Crippen LogP contribution in [-0.2, 0) is 6.61 Å². The Balaban J connectivity index is 1.74. The Bertz CT molecular complexity index is 1110. The van der Waals surface area contributed by atoms with E-state index in [2.05, 4.69) is 9.69 Å². The molecule has 0 aliphatic rings. The Morgan fingerprint density at radius 3 is 1.70 bits per heavy atom. The van der Waals surface area contributed by atoms with Crippen molar-refractivity contribution in [2.75, 3.05) is 7.11 Å². The van der Waals surface area contributed by atoms with Crippen LogP contribution in [0.15, 0.2) is 90.3 Å². The molecule has 0 fully saturated rings. The summed E-state index contributed by atoms with van der Waals surface area (Å²) in [6.45, 7) is 15.5. The van der Waals surface area contributed by atoms with E-state index in [0.29, 0.717) is 18.0 Å². The van der Waals surface area contributed by atoms with E-state index in [9.17, 15) is 0 Å². The lowest BCUT2D eigenvalue weighted by atomic mass is 10.1. The molecule has 4 heteroatoms. The molecule has 4 nitrogen and oxygen atoms in total. The Kier molecular flexibility index (Phi) is 7.03. The van der Waals surface area contributed by atoms with Crippen molar-refractivity contribution in [3.05, 3.63) is 130 Å². The van der Waals surface area contributed by atoms with Crippen LogP contribution in [0, 0.1) is 13.1 Å². The molecule has 30 heavy (non-hydrogen) atoms. The number of rotatable bonds is 7. The molecule has 146 valence electrons. The lowest BCUT2D eigenvalue weighted by Gasteiger charge is -2.06. The Morgan fingerprint density at radius 1 is 0.733 bits per heavy atom. The molecule has 0 saturated carbocycles. The molecule has 0 aromatic heterocycles. The van der Waals surface area contributed by atoms with Gasteiger partial charge in [-0.15, -0.1) is 0 Å². The van der Waals surface area contributed by atoms with Crippen LogP contribution >= 0.6 is 0 Å². The van der Waals surface area contributed by atoms with Crippen LogP contribution in [0.2, 0.25) is 0 Å². The van der Waals surface area contributed by atoms with Gasteiger partial charge in [0.2, 0.25) is 0 Å². The molecule has 0 N–H and O–H groups in total. The van der Waals surface area contributed by atoms with Crippen LogP contribution in [0.1, 0.15) is 16.7 Å². The molecule has 0 radical (unpaired) electrons. The molecule has 3 aromatic carbocycles. The largest absolute Gasteiger partial charge is 0.497 e. The third-order valence-electron chi connectivity index (χ3n) is 4.35. The maximum absolute atomic E-state index is 7.50. The molecule has 0 spiro atoms.